The summed E-state index contributed by atoms with van der Waals surface area (Å²) in [4.78, 5) is 25.4. The Kier molecular flexibility index (Phi) is 7.16. The summed E-state index contributed by atoms with van der Waals surface area (Å²) in [5.41, 5.74) is 0.684. The molecule has 0 spiro atoms. The highest BCUT2D eigenvalue weighted by Gasteiger charge is 2.35. The van der Waals surface area contributed by atoms with Crippen LogP contribution in [-0.2, 0) is 9.53 Å². The van der Waals surface area contributed by atoms with E-state index < -0.39 is 0 Å². The molecule has 1 aromatic rings. The molecule has 156 valence electrons. The van der Waals surface area contributed by atoms with E-state index in [4.69, 9.17) is 4.74 Å². The average molecular weight is 390 g/mol. The van der Waals surface area contributed by atoms with Gasteiger partial charge in [0.05, 0.1) is 6.10 Å². The van der Waals surface area contributed by atoms with Crippen molar-refractivity contribution in [2.75, 3.05) is 13.7 Å². The van der Waals surface area contributed by atoms with Crippen LogP contribution in [0.1, 0.15) is 75.3 Å². The van der Waals surface area contributed by atoms with E-state index in [1.54, 1.807) is 7.11 Å². The lowest BCUT2D eigenvalue weighted by Crippen LogP contribution is -2.51. The van der Waals surface area contributed by atoms with Gasteiger partial charge in [0.1, 0.15) is 5.69 Å². The zero-order chi connectivity index (χ0) is 20.1. The largest absolute Gasteiger partial charge is 0.381 e. The third kappa shape index (κ3) is 4.96. The number of hydrogen-bond acceptors (Lipinski definition) is 3. The third-order valence-electron chi connectivity index (χ3n) is 6.40. The summed E-state index contributed by atoms with van der Waals surface area (Å²) in [6.07, 6.45) is 9.64. The molecule has 0 radical (unpaired) electrons. The first kappa shape index (κ1) is 20.9. The molecule has 6 heteroatoms. The molecule has 1 atom stereocenters. The number of ether oxygens (including phenoxy) is 1. The number of methoxy groups -OCH3 is 1. The summed E-state index contributed by atoms with van der Waals surface area (Å²) in [6.45, 7) is 4.65. The fraction of sp³-hybridized carbons (Fsp3) is 0.727. The van der Waals surface area contributed by atoms with Crippen LogP contribution in [0.5, 0.6) is 0 Å². The Balaban J connectivity index is 1.61. The number of aromatic nitrogens is 1. The van der Waals surface area contributed by atoms with Gasteiger partial charge in [0.2, 0.25) is 5.91 Å². The summed E-state index contributed by atoms with van der Waals surface area (Å²) >= 11 is 0. The van der Waals surface area contributed by atoms with Crippen molar-refractivity contribution >= 4 is 11.8 Å². The van der Waals surface area contributed by atoms with Gasteiger partial charge in [0, 0.05) is 37.9 Å². The van der Waals surface area contributed by atoms with Gasteiger partial charge in [0.15, 0.2) is 0 Å². The lowest BCUT2D eigenvalue weighted by molar-refractivity contribution is -0.132. The molecule has 0 saturated heterocycles. The SMILES string of the molecule is COC1CC(C(=O)NCC(NC(=O)c2cccn2C(C)C)C2CCCCC2)C1. The average Bonchev–Trinajstić information content (AvgIpc) is 3.15. The Labute approximate surface area is 168 Å². The molecule has 3 rings (SSSR count). The molecule has 2 aliphatic rings. The molecule has 6 nitrogen and oxygen atoms in total. The second kappa shape index (κ2) is 9.59. The molecule has 2 amide bonds. The van der Waals surface area contributed by atoms with Crippen molar-refractivity contribution < 1.29 is 14.3 Å². The van der Waals surface area contributed by atoms with Crippen molar-refractivity contribution in [3.8, 4) is 0 Å². The summed E-state index contributed by atoms with van der Waals surface area (Å²) in [5.74, 6) is 0.514. The van der Waals surface area contributed by atoms with E-state index in [2.05, 4.69) is 24.5 Å². The van der Waals surface area contributed by atoms with Crippen molar-refractivity contribution in [1.82, 2.24) is 15.2 Å². The third-order valence-corrected chi connectivity index (χ3v) is 6.40. The van der Waals surface area contributed by atoms with Gasteiger partial charge < -0.3 is 19.9 Å². The Bertz CT molecular complexity index is 658. The number of carbonyl (C=O) groups is 2. The lowest BCUT2D eigenvalue weighted by Gasteiger charge is -2.35. The minimum Gasteiger partial charge on any atom is -0.381 e. The molecule has 2 saturated carbocycles. The zero-order valence-electron chi connectivity index (χ0n) is 17.4. The van der Waals surface area contributed by atoms with Crippen molar-refractivity contribution in [3.05, 3.63) is 24.0 Å². The Morgan fingerprint density at radius 3 is 2.57 bits per heavy atom. The first-order valence-corrected chi connectivity index (χ1v) is 10.8. The predicted molar refractivity (Wildman–Crippen MR) is 109 cm³/mol. The standard InChI is InChI=1S/C22H35N3O3/c1-15(2)25-11-7-10-20(25)22(27)24-19(16-8-5-4-6-9-16)14-23-21(26)17-12-18(13-17)28-3/h7,10-11,15-19H,4-6,8-9,12-14H2,1-3H3,(H,23,26)(H,24,27). The minimum absolute atomic E-state index is 0.0226. The predicted octanol–water partition coefficient (Wildman–Crippen LogP) is 3.29. The molecule has 1 aromatic heterocycles. The Hall–Kier alpha value is -1.82. The van der Waals surface area contributed by atoms with E-state index in [1.165, 1.54) is 19.3 Å². The van der Waals surface area contributed by atoms with E-state index in [-0.39, 0.29) is 35.9 Å². The molecule has 1 unspecified atom stereocenters. The molecule has 28 heavy (non-hydrogen) atoms. The number of nitrogens with one attached hydrogen (secondary N) is 2. The van der Waals surface area contributed by atoms with Gasteiger partial charge in [-0.2, -0.15) is 0 Å². The molecular weight excluding hydrogens is 354 g/mol. The zero-order valence-corrected chi connectivity index (χ0v) is 17.4. The van der Waals surface area contributed by atoms with Crippen LogP contribution in [-0.4, -0.2) is 42.2 Å². The van der Waals surface area contributed by atoms with Gasteiger partial charge >= 0.3 is 0 Å². The highest BCUT2D eigenvalue weighted by atomic mass is 16.5. The van der Waals surface area contributed by atoms with Gasteiger partial charge in [-0.25, -0.2) is 0 Å². The van der Waals surface area contributed by atoms with Gasteiger partial charge in [-0.1, -0.05) is 19.3 Å². The van der Waals surface area contributed by atoms with Crippen molar-refractivity contribution in [2.24, 2.45) is 11.8 Å². The summed E-state index contributed by atoms with van der Waals surface area (Å²) in [6, 6.07) is 3.99. The lowest BCUT2D eigenvalue weighted by atomic mass is 9.81. The number of amides is 2. The van der Waals surface area contributed by atoms with Crippen LogP contribution in [0, 0.1) is 11.8 Å². The molecule has 2 aliphatic carbocycles. The molecule has 1 heterocycles. The molecule has 2 N–H and O–H groups in total. The van der Waals surface area contributed by atoms with Gasteiger partial charge in [0.25, 0.3) is 5.91 Å². The maximum atomic E-state index is 13.0. The normalized spacial score (nSPS) is 23.9. The van der Waals surface area contributed by atoms with Crippen LogP contribution in [0.2, 0.25) is 0 Å². The number of rotatable bonds is 8. The quantitative estimate of drug-likeness (QED) is 0.717. The van der Waals surface area contributed by atoms with Gasteiger partial charge in [-0.3, -0.25) is 9.59 Å². The van der Waals surface area contributed by atoms with Crippen LogP contribution < -0.4 is 10.6 Å². The second-order valence-corrected chi connectivity index (χ2v) is 8.64. The van der Waals surface area contributed by atoms with Crippen LogP contribution in [0.15, 0.2) is 18.3 Å². The topological polar surface area (TPSA) is 72.4 Å². The molecular formula is C22H35N3O3. The maximum Gasteiger partial charge on any atom is 0.268 e. The van der Waals surface area contributed by atoms with Crippen LogP contribution in [0.25, 0.3) is 0 Å². The fourth-order valence-corrected chi connectivity index (χ4v) is 4.48. The Morgan fingerprint density at radius 1 is 1.21 bits per heavy atom. The number of hydrogen-bond donors (Lipinski definition) is 2. The first-order valence-electron chi connectivity index (χ1n) is 10.8. The van der Waals surface area contributed by atoms with Crippen LogP contribution >= 0.6 is 0 Å². The van der Waals surface area contributed by atoms with Gasteiger partial charge in [-0.15, -0.1) is 0 Å². The van der Waals surface area contributed by atoms with Crippen LogP contribution in [0.3, 0.4) is 0 Å². The van der Waals surface area contributed by atoms with Crippen molar-refractivity contribution in [1.29, 1.82) is 0 Å². The van der Waals surface area contributed by atoms with Crippen LogP contribution in [0.4, 0.5) is 0 Å². The fourth-order valence-electron chi connectivity index (χ4n) is 4.48. The van der Waals surface area contributed by atoms with E-state index in [0.717, 1.165) is 25.7 Å². The van der Waals surface area contributed by atoms with E-state index in [1.807, 2.05) is 22.9 Å². The summed E-state index contributed by atoms with van der Waals surface area (Å²) in [5, 5.41) is 6.33. The van der Waals surface area contributed by atoms with Gasteiger partial charge in [-0.05, 0) is 57.6 Å². The summed E-state index contributed by atoms with van der Waals surface area (Å²) in [7, 11) is 1.69. The molecule has 0 aromatic carbocycles. The van der Waals surface area contributed by atoms with Crippen molar-refractivity contribution in [2.45, 2.75) is 77.0 Å². The maximum absolute atomic E-state index is 13.0. The molecule has 2 fully saturated rings. The Morgan fingerprint density at radius 2 is 1.93 bits per heavy atom. The second-order valence-electron chi connectivity index (χ2n) is 8.64. The highest BCUT2D eigenvalue weighted by Crippen LogP contribution is 2.30. The number of nitrogens with zero attached hydrogens (tertiary/aromatic N) is 1. The molecule has 0 aliphatic heterocycles. The minimum atomic E-state index is -0.0494. The summed E-state index contributed by atoms with van der Waals surface area (Å²) < 4.78 is 7.26. The monoisotopic (exact) mass is 389 g/mol. The van der Waals surface area contributed by atoms with E-state index in [9.17, 15) is 9.59 Å². The smallest absolute Gasteiger partial charge is 0.268 e. The first-order chi connectivity index (χ1) is 13.5. The number of carbonyl (C=O) groups excluding carboxylic acids is 2. The molecule has 0 bridgehead atoms. The van der Waals surface area contributed by atoms with E-state index >= 15 is 0 Å². The highest BCUT2D eigenvalue weighted by molar-refractivity contribution is 5.93. The van der Waals surface area contributed by atoms with E-state index in [0.29, 0.717) is 18.2 Å². The van der Waals surface area contributed by atoms with Crippen molar-refractivity contribution in [3.63, 3.8) is 0 Å².